The van der Waals surface area contributed by atoms with Gasteiger partial charge in [0.05, 0.1) is 21.8 Å². The van der Waals surface area contributed by atoms with Crippen molar-refractivity contribution < 1.29 is 5.11 Å². The van der Waals surface area contributed by atoms with Gasteiger partial charge in [0.2, 0.25) is 0 Å². The molecule has 2 aromatic rings. The summed E-state index contributed by atoms with van der Waals surface area (Å²) in [5.41, 5.74) is 1.40. The largest absolute Gasteiger partial charge is 0.387 e. The molecule has 0 aliphatic rings. The van der Waals surface area contributed by atoms with Gasteiger partial charge in [0.25, 0.3) is 0 Å². The van der Waals surface area contributed by atoms with Crippen LogP contribution in [0.4, 0.5) is 5.69 Å². The van der Waals surface area contributed by atoms with Crippen molar-refractivity contribution in [2.24, 2.45) is 0 Å². The first-order chi connectivity index (χ1) is 9.08. The van der Waals surface area contributed by atoms with Crippen LogP contribution in [-0.4, -0.2) is 11.7 Å². The van der Waals surface area contributed by atoms with Crippen molar-refractivity contribution in [3.8, 4) is 0 Å². The second-order valence-corrected chi connectivity index (χ2v) is 5.30. The average molecular weight is 317 g/mol. The lowest BCUT2D eigenvalue weighted by Crippen LogP contribution is -2.12. The zero-order valence-electron chi connectivity index (χ0n) is 9.91. The number of nitrogens with one attached hydrogen (secondary N) is 1. The van der Waals surface area contributed by atoms with Crippen LogP contribution in [0.2, 0.25) is 15.1 Å². The number of rotatable bonds is 4. The molecule has 0 aliphatic carbocycles. The molecule has 0 saturated carbocycles. The molecule has 0 heterocycles. The molecular formula is C14H12Cl3NO. The van der Waals surface area contributed by atoms with Crippen LogP contribution in [0.25, 0.3) is 0 Å². The minimum atomic E-state index is -0.662. The Bertz CT molecular complexity index is 537. The van der Waals surface area contributed by atoms with Crippen molar-refractivity contribution in [1.82, 2.24) is 0 Å². The number of aliphatic hydroxyl groups is 1. The summed E-state index contributed by atoms with van der Waals surface area (Å²) in [5, 5.41) is 14.8. The highest BCUT2D eigenvalue weighted by Gasteiger charge is 2.10. The van der Waals surface area contributed by atoms with Crippen LogP contribution >= 0.6 is 34.8 Å². The van der Waals surface area contributed by atoms with E-state index in [2.05, 4.69) is 5.32 Å². The fourth-order valence-corrected chi connectivity index (χ4v) is 2.33. The SMILES string of the molecule is OC(CNc1c(Cl)cccc1Cl)c1ccc(Cl)cc1. The highest BCUT2D eigenvalue weighted by atomic mass is 35.5. The van der Waals surface area contributed by atoms with E-state index in [0.29, 0.717) is 27.3 Å². The van der Waals surface area contributed by atoms with E-state index in [0.717, 1.165) is 5.56 Å². The molecule has 2 N–H and O–H groups in total. The van der Waals surface area contributed by atoms with Gasteiger partial charge in [0, 0.05) is 11.6 Å². The molecule has 0 bridgehead atoms. The number of hydrogen-bond donors (Lipinski definition) is 2. The molecule has 0 aliphatic heterocycles. The molecule has 0 aromatic heterocycles. The zero-order valence-corrected chi connectivity index (χ0v) is 12.2. The highest BCUT2D eigenvalue weighted by Crippen LogP contribution is 2.30. The molecule has 1 unspecified atom stereocenters. The van der Waals surface area contributed by atoms with E-state index in [-0.39, 0.29) is 0 Å². The lowest BCUT2D eigenvalue weighted by molar-refractivity contribution is 0.191. The lowest BCUT2D eigenvalue weighted by atomic mass is 10.1. The van der Waals surface area contributed by atoms with Gasteiger partial charge in [-0.05, 0) is 29.8 Å². The predicted octanol–water partition coefficient (Wildman–Crippen LogP) is 4.79. The van der Waals surface area contributed by atoms with Gasteiger partial charge in [-0.15, -0.1) is 0 Å². The molecule has 0 amide bonds. The van der Waals surface area contributed by atoms with Gasteiger partial charge in [0.1, 0.15) is 0 Å². The third-order valence-corrected chi connectivity index (χ3v) is 3.57. The van der Waals surface area contributed by atoms with Crippen LogP contribution in [-0.2, 0) is 0 Å². The molecular weight excluding hydrogens is 305 g/mol. The van der Waals surface area contributed by atoms with E-state index in [1.807, 2.05) is 0 Å². The van der Waals surface area contributed by atoms with Crippen LogP contribution in [0, 0.1) is 0 Å². The van der Waals surface area contributed by atoms with Gasteiger partial charge in [-0.1, -0.05) is 53.0 Å². The van der Waals surface area contributed by atoms with Crippen molar-refractivity contribution in [2.75, 3.05) is 11.9 Å². The number of hydrogen-bond acceptors (Lipinski definition) is 2. The Morgan fingerprint density at radius 1 is 0.947 bits per heavy atom. The summed E-state index contributed by atoms with van der Waals surface area (Å²) in [6.45, 7) is 0.311. The fourth-order valence-electron chi connectivity index (χ4n) is 1.67. The van der Waals surface area contributed by atoms with E-state index in [1.54, 1.807) is 42.5 Å². The summed E-state index contributed by atoms with van der Waals surface area (Å²) in [6, 6.07) is 12.3. The molecule has 19 heavy (non-hydrogen) atoms. The van der Waals surface area contributed by atoms with Crippen molar-refractivity contribution in [1.29, 1.82) is 0 Å². The minimum Gasteiger partial charge on any atom is -0.387 e. The zero-order chi connectivity index (χ0) is 13.8. The predicted molar refractivity (Wildman–Crippen MR) is 81.4 cm³/mol. The Labute approximate surface area is 126 Å². The van der Waals surface area contributed by atoms with Crippen LogP contribution in [0.5, 0.6) is 0 Å². The van der Waals surface area contributed by atoms with Gasteiger partial charge < -0.3 is 10.4 Å². The summed E-state index contributed by atoms with van der Waals surface area (Å²) in [5.74, 6) is 0. The molecule has 100 valence electrons. The van der Waals surface area contributed by atoms with Gasteiger partial charge in [-0.2, -0.15) is 0 Å². The van der Waals surface area contributed by atoms with Crippen LogP contribution in [0.15, 0.2) is 42.5 Å². The molecule has 0 saturated heterocycles. The van der Waals surface area contributed by atoms with Crippen LogP contribution < -0.4 is 5.32 Å². The Balaban J connectivity index is 2.04. The van der Waals surface area contributed by atoms with Crippen LogP contribution in [0.1, 0.15) is 11.7 Å². The normalized spacial score (nSPS) is 12.2. The molecule has 0 spiro atoms. The maximum absolute atomic E-state index is 10.1. The first-order valence-corrected chi connectivity index (χ1v) is 6.82. The Morgan fingerprint density at radius 3 is 2.11 bits per heavy atom. The number of halogens is 3. The van der Waals surface area contributed by atoms with Gasteiger partial charge >= 0.3 is 0 Å². The van der Waals surface area contributed by atoms with Gasteiger partial charge in [-0.3, -0.25) is 0 Å². The van der Waals surface area contributed by atoms with Crippen molar-refractivity contribution >= 4 is 40.5 Å². The molecule has 5 heteroatoms. The number of para-hydroxylation sites is 1. The van der Waals surface area contributed by atoms with Crippen molar-refractivity contribution in [3.05, 3.63) is 63.1 Å². The van der Waals surface area contributed by atoms with E-state index in [9.17, 15) is 5.11 Å². The summed E-state index contributed by atoms with van der Waals surface area (Å²) < 4.78 is 0. The number of anilines is 1. The quantitative estimate of drug-likeness (QED) is 0.850. The topological polar surface area (TPSA) is 32.3 Å². The maximum atomic E-state index is 10.1. The monoisotopic (exact) mass is 315 g/mol. The Morgan fingerprint density at radius 2 is 1.53 bits per heavy atom. The standard InChI is InChI=1S/C14H12Cl3NO/c15-10-6-4-9(5-7-10)13(19)8-18-14-11(16)2-1-3-12(14)17/h1-7,13,18-19H,8H2. The average Bonchev–Trinajstić information content (AvgIpc) is 2.38. The van der Waals surface area contributed by atoms with Crippen molar-refractivity contribution in [3.63, 3.8) is 0 Å². The molecule has 0 radical (unpaired) electrons. The molecule has 2 nitrogen and oxygen atoms in total. The summed E-state index contributed by atoms with van der Waals surface area (Å²) in [6.07, 6.45) is -0.662. The smallest absolute Gasteiger partial charge is 0.0962 e. The Hall–Kier alpha value is -0.930. The molecule has 0 fully saturated rings. The van der Waals surface area contributed by atoms with E-state index >= 15 is 0 Å². The van der Waals surface area contributed by atoms with Gasteiger partial charge in [0.15, 0.2) is 0 Å². The summed E-state index contributed by atoms with van der Waals surface area (Å²) >= 11 is 17.9. The second-order valence-electron chi connectivity index (χ2n) is 4.04. The summed E-state index contributed by atoms with van der Waals surface area (Å²) in [4.78, 5) is 0. The van der Waals surface area contributed by atoms with E-state index in [1.165, 1.54) is 0 Å². The number of aliphatic hydroxyl groups excluding tert-OH is 1. The first kappa shape index (κ1) is 14.5. The second kappa shape index (κ2) is 6.49. The first-order valence-electron chi connectivity index (χ1n) is 5.69. The molecule has 2 aromatic carbocycles. The minimum absolute atomic E-state index is 0.311. The van der Waals surface area contributed by atoms with E-state index in [4.69, 9.17) is 34.8 Å². The van der Waals surface area contributed by atoms with E-state index < -0.39 is 6.10 Å². The fraction of sp³-hybridized carbons (Fsp3) is 0.143. The molecule has 1 atom stereocenters. The van der Waals surface area contributed by atoms with Gasteiger partial charge in [-0.25, -0.2) is 0 Å². The van der Waals surface area contributed by atoms with Crippen LogP contribution in [0.3, 0.4) is 0 Å². The number of benzene rings is 2. The third kappa shape index (κ3) is 3.77. The Kier molecular flexibility index (Phi) is 4.94. The maximum Gasteiger partial charge on any atom is 0.0962 e. The van der Waals surface area contributed by atoms with Crippen molar-refractivity contribution in [2.45, 2.75) is 6.10 Å². The third-order valence-electron chi connectivity index (χ3n) is 2.69. The lowest BCUT2D eigenvalue weighted by Gasteiger charge is -2.15. The summed E-state index contributed by atoms with van der Waals surface area (Å²) in [7, 11) is 0. The highest BCUT2D eigenvalue weighted by molar-refractivity contribution is 6.39. The molecule has 2 rings (SSSR count).